The number of hydrogen-bond donors (Lipinski definition) is 0. The second-order valence-electron chi connectivity index (χ2n) is 3.17. The predicted octanol–water partition coefficient (Wildman–Crippen LogP) is 1.56. The van der Waals surface area contributed by atoms with Crippen molar-refractivity contribution in [1.82, 2.24) is 0 Å². The van der Waals surface area contributed by atoms with Gasteiger partial charge in [0.1, 0.15) is 0 Å². The summed E-state index contributed by atoms with van der Waals surface area (Å²) in [6.07, 6.45) is 1.63. The molecule has 1 rings (SSSR count). The molecule has 1 heterocycles. The van der Waals surface area contributed by atoms with Crippen molar-refractivity contribution in [2.24, 2.45) is 11.8 Å². The number of ether oxygens (including phenoxy) is 1. The quantitative estimate of drug-likeness (QED) is 0.591. The Bertz CT molecular complexity index is 116. The van der Waals surface area contributed by atoms with Crippen LogP contribution in [0.1, 0.15) is 27.2 Å². The van der Waals surface area contributed by atoms with Crippen LogP contribution in [0.3, 0.4) is 0 Å². The summed E-state index contributed by atoms with van der Waals surface area (Å²) in [6, 6.07) is 0. The van der Waals surface area contributed by atoms with Crippen LogP contribution in [0.15, 0.2) is 0 Å². The molecule has 59 valence electrons. The third-order valence-electron chi connectivity index (χ3n) is 2.56. The fraction of sp³-hybridized carbons (Fsp3) is 1.00. The Hall–Kier alpha value is 0.479. The van der Waals surface area contributed by atoms with Crippen LogP contribution in [-0.4, -0.2) is 27.1 Å². The summed E-state index contributed by atoms with van der Waals surface area (Å²) >= 11 is 3.06. The van der Waals surface area contributed by atoms with Gasteiger partial charge in [-0.3, -0.25) is 0 Å². The molecule has 4 unspecified atom stereocenters. The van der Waals surface area contributed by atoms with Gasteiger partial charge in [0, 0.05) is 0 Å². The van der Waals surface area contributed by atoms with Gasteiger partial charge in [-0.1, -0.05) is 0 Å². The van der Waals surface area contributed by atoms with Gasteiger partial charge in [0.05, 0.1) is 0 Å². The first-order valence-corrected chi connectivity index (χ1v) is 4.97. The second kappa shape index (κ2) is 3.25. The van der Waals surface area contributed by atoms with E-state index in [1.807, 2.05) is 0 Å². The summed E-state index contributed by atoms with van der Waals surface area (Å²) in [4.78, 5) is 0. The zero-order chi connectivity index (χ0) is 7.72. The Labute approximate surface area is 71.3 Å². The molecule has 0 amide bonds. The van der Waals surface area contributed by atoms with Gasteiger partial charge >= 0.3 is 70.9 Å². The number of hydrogen-bond acceptors (Lipinski definition) is 1. The SMILES string of the molecule is CCC1OC([Se])C(C)C1C. The predicted molar refractivity (Wildman–Crippen MR) is 43.0 cm³/mol. The van der Waals surface area contributed by atoms with E-state index in [1.54, 1.807) is 0 Å². The van der Waals surface area contributed by atoms with Gasteiger partial charge in [-0.25, -0.2) is 0 Å². The molecule has 1 radical (unpaired) electrons. The third-order valence-corrected chi connectivity index (χ3v) is 3.69. The van der Waals surface area contributed by atoms with Crippen molar-refractivity contribution in [2.75, 3.05) is 0 Å². The van der Waals surface area contributed by atoms with Crippen molar-refractivity contribution < 1.29 is 4.74 Å². The third kappa shape index (κ3) is 1.39. The van der Waals surface area contributed by atoms with E-state index in [0.29, 0.717) is 17.0 Å². The van der Waals surface area contributed by atoms with Crippen molar-refractivity contribution in [3.05, 3.63) is 0 Å². The molecule has 0 saturated carbocycles. The van der Waals surface area contributed by atoms with Crippen LogP contribution in [0, 0.1) is 11.8 Å². The Morgan fingerprint density at radius 3 is 2.10 bits per heavy atom. The minimum atomic E-state index is 0.347. The molecule has 0 aromatic heterocycles. The van der Waals surface area contributed by atoms with Crippen LogP contribution in [0.5, 0.6) is 0 Å². The molecule has 1 aliphatic rings. The average molecular weight is 206 g/mol. The molecular weight excluding hydrogens is 191 g/mol. The molecule has 10 heavy (non-hydrogen) atoms. The van der Waals surface area contributed by atoms with E-state index in [0.717, 1.165) is 12.3 Å². The van der Waals surface area contributed by atoms with Crippen molar-refractivity contribution in [3.63, 3.8) is 0 Å². The zero-order valence-corrected chi connectivity index (χ0v) is 8.55. The Kier molecular flexibility index (Phi) is 2.79. The van der Waals surface area contributed by atoms with E-state index < -0.39 is 0 Å². The standard InChI is InChI=1S/C8H15OSe/c1-4-7-5(2)6(3)8(10)9-7/h5-8H,4H2,1-3H3. The van der Waals surface area contributed by atoms with E-state index in [9.17, 15) is 0 Å². The van der Waals surface area contributed by atoms with Crippen molar-refractivity contribution >= 4 is 16.0 Å². The molecule has 0 N–H and O–H groups in total. The summed E-state index contributed by atoms with van der Waals surface area (Å²) in [6.45, 7) is 6.71. The van der Waals surface area contributed by atoms with Crippen molar-refractivity contribution in [1.29, 1.82) is 0 Å². The van der Waals surface area contributed by atoms with Gasteiger partial charge in [0.2, 0.25) is 0 Å². The average Bonchev–Trinajstić information content (AvgIpc) is 2.17. The van der Waals surface area contributed by atoms with E-state index in [-0.39, 0.29) is 0 Å². The van der Waals surface area contributed by atoms with Crippen LogP contribution in [-0.2, 0) is 4.74 Å². The molecule has 1 fully saturated rings. The van der Waals surface area contributed by atoms with Crippen LogP contribution in [0.25, 0.3) is 0 Å². The van der Waals surface area contributed by atoms with Gasteiger partial charge in [-0.05, 0) is 0 Å². The maximum atomic E-state index is 5.68. The van der Waals surface area contributed by atoms with Crippen LogP contribution in [0.4, 0.5) is 0 Å². The molecule has 2 heteroatoms. The summed E-state index contributed by atoms with van der Waals surface area (Å²) in [7, 11) is 0. The fourth-order valence-electron chi connectivity index (χ4n) is 1.47. The van der Waals surface area contributed by atoms with Crippen LogP contribution in [0.2, 0.25) is 0 Å². The molecule has 0 spiro atoms. The van der Waals surface area contributed by atoms with Crippen LogP contribution < -0.4 is 0 Å². The van der Waals surface area contributed by atoms with Crippen LogP contribution >= 0.6 is 0 Å². The topological polar surface area (TPSA) is 9.23 Å². The minimum absolute atomic E-state index is 0.347. The first kappa shape index (κ1) is 8.57. The van der Waals surface area contributed by atoms with E-state index in [1.165, 1.54) is 0 Å². The van der Waals surface area contributed by atoms with Gasteiger partial charge in [-0.2, -0.15) is 0 Å². The molecule has 0 aliphatic carbocycles. The zero-order valence-electron chi connectivity index (χ0n) is 6.83. The van der Waals surface area contributed by atoms with E-state index >= 15 is 0 Å². The molecule has 0 bridgehead atoms. The maximum absolute atomic E-state index is 5.68. The molecule has 1 nitrogen and oxygen atoms in total. The van der Waals surface area contributed by atoms with Gasteiger partial charge < -0.3 is 0 Å². The summed E-state index contributed by atoms with van der Waals surface area (Å²) in [5.41, 5.74) is 0. The molecular formula is C8H15OSe. The normalized spacial score (nSPS) is 48.0. The molecule has 0 aromatic rings. The van der Waals surface area contributed by atoms with Gasteiger partial charge in [0.25, 0.3) is 0 Å². The fourth-order valence-corrected chi connectivity index (χ4v) is 2.29. The summed E-state index contributed by atoms with van der Waals surface area (Å²) < 4.78 is 5.68. The van der Waals surface area contributed by atoms with Crippen molar-refractivity contribution in [3.8, 4) is 0 Å². The molecule has 4 atom stereocenters. The summed E-state index contributed by atoms with van der Waals surface area (Å²) in [5.74, 6) is 1.40. The van der Waals surface area contributed by atoms with Gasteiger partial charge in [0.15, 0.2) is 0 Å². The molecule has 1 aliphatic heterocycles. The first-order valence-electron chi connectivity index (χ1n) is 3.98. The van der Waals surface area contributed by atoms with E-state index in [2.05, 4.69) is 36.8 Å². The van der Waals surface area contributed by atoms with E-state index in [4.69, 9.17) is 4.74 Å². The summed E-state index contributed by atoms with van der Waals surface area (Å²) in [5, 5.41) is 0.347. The molecule has 0 aromatic carbocycles. The monoisotopic (exact) mass is 207 g/mol. The first-order chi connectivity index (χ1) is 4.66. The Morgan fingerprint density at radius 2 is 1.90 bits per heavy atom. The number of rotatable bonds is 1. The van der Waals surface area contributed by atoms with Crippen molar-refractivity contribution in [2.45, 2.75) is 38.3 Å². The second-order valence-corrected chi connectivity index (χ2v) is 4.14. The molecule has 1 saturated heterocycles. The van der Waals surface area contributed by atoms with Gasteiger partial charge in [-0.15, -0.1) is 0 Å². The Morgan fingerprint density at radius 1 is 1.30 bits per heavy atom. The Balaban J connectivity index is 2.53.